The zero-order valence-electron chi connectivity index (χ0n) is 21.7. The summed E-state index contributed by atoms with van der Waals surface area (Å²) in [7, 11) is 0. The van der Waals surface area contributed by atoms with Gasteiger partial charge in [-0.2, -0.15) is 0 Å². The van der Waals surface area contributed by atoms with Gasteiger partial charge in [-0.1, -0.05) is 6.07 Å². The fraction of sp³-hybridized carbons (Fsp3) is 0.357. The number of H-pyrrole nitrogens is 1. The first-order valence-corrected chi connectivity index (χ1v) is 14.0. The highest BCUT2D eigenvalue weighted by molar-refractivity contribution is 7.09. The molecular weight excluding hydrogens is 516 g/mol. The van der Waals surface area contributed by atoms with E-state index in [4.69, 9.17) is 13.9 Å². The number of furan rings is 1. The molecule has 1 aliphatic rings. The molecule has 0 saturated carbocycles. The molecule has 39 heavy (non-hydrogen) atoms. The lowest BCUT2D eigenvalue weighted by Crippen LogP contribution is -2.35. The van der Waals surface area contributed by atoms with Crippen molar-refractivity contribution in [3.05, 3.63) is 92.6 Å². The highest BCUT2D eigenvalue weighted by atomic mass is 32.1. The maximum absolute atomic E-state index is 13.7. The highest BCUT2D eigenvalue weighted by Crippen LogP contribution is 2.32. The number of ether oxygens (including phenoxy) is 2. The number of aromatic nitrogens is 5. The van der Waals surface area contributed by atoms with E-state index in [9.17, 15) is 4.79 Å². The Kier molecular flexibility index (Phi) is 7.53. The molecule has 0 unspecified atom stereocenters. The fourth-order valence-corrected chi connectivity index (χ4v) is 5.85. The third-order valence-electron chi connectivity index (χ3n) is 6.90. The maximum atomic E-state index is 13.7. The van der Waals surface area contributed by atoms with E-state index in [0.717, 1.165) is 46.7 Å². The van der Waals surface area contributed by atoms with E-state index in [1.165, 1.54) is 0 Å². The zero-order chi connectivity index (χ0) is 26.6. The number of benzene rings is 1. The first kappa shape index (κ1) is 25.5. The van der Waals surface area contributed by atoms with Crippen molar-refractivity contribution in [1.29, 1.82) is 0 Å². The van der Waals surface area contributed by atoms with Crippen LogP contribution in [0.5, 0.6) is 5.75 Å². The van der Waals surface area contributed by atoms with E-state index in [1.807, 2.05) is 49.4 Å². The second-order valence-electron chi connectivity index (χ2n) is 9.56. The Morgan fingerprint density at radius 2 is 2.18 bits per heavy atom. The van der Waals surface area contributed by atoms with E-state index in [1.54, 1.807) is 22.3 Å². The molecule has 5 heterocycles. The van der Waals surface area contributed by atoms with Crippen LogP contribution in [0, 0.1) is 0 Å². The molecule has 1 saturated heterocycles. The average Bonchev–Trinajstić information content (AvgIpc) is 3.75. The topological polar surface area (TPSA) is 111 Å². The van der Waals surface area contributed by atoms with Gasteiger partial charge >= 0.3 is 0 Å². The van der Waals surface area contributed by atoms with Crippen LogP contribution in [0.25, 0.3) is 10.9 Å². The van der Waals surface area contributed by atoms with Crippen molar-refractivity contribution in [3.8, 4) is 5.75 Å². The van der Waals surface area contributed by atoms with Gasteiger partial charge in [0.2, 0.25) is 0 Å². The molecule has 1 fully saturated rings. The van der Waals surface area contributed by atoms with E-state index in [2.05, 4.69) is 36.9 Å². The van der Waals surface area contributed by atoms with Crippen LogP contribution in [0.15, 0.2) is 69.4 Å². The van der Waals surface area contributed by atoms with E-state index >= 15 is 0 Å². The van der Waals surface area contributed by atoms with E-state index < -0.39 is 6.04 Å². The Balaban J connectivity index is 1.49. The number of hydrogen-bond acceptors (Lipinski definition) is 9. The van der Waals surface area contributed by atoms with Crippen LogP contribution < -0.4 is 10.3 Å². The summed E-state index contributed by atoms with van der Waals surface area (Å²) in [6.45, 7) is 4.79. The number of nitrogens with zero attached hydrogens (tertiary/aromatic N) is 5. The zero-order valence-corrected chi connectivity index (χ0v) is 22.5. The Morgan fingerprint density at radius 1 is 1.23 bits per heavy atom. The summed E-state index contributed by atoms with van der Waals surface area (Å²) in [5.41, 5.74) is 1.09. The highest BCUT2D eigenvalue weighted by Gasteiger charge is 2.32. The number of nitrogens with one attached hydrogen (secondary N) is 1. The molecule has 0 spiro atoms. The van der Waals surface area contributed by atoms with Gasteiger partial charge in [0.25, 0.3) is 5.56 Å². The molecule has 0 aliphatic carbocycles. The van der Waals surface area contributed by atoms with Crippen LogP contribution in [-0.2, 0) is 24.4 Å². The van der Waals surface area contributed by atoms with Gasteiger partial charge in [0, 0.05) is 34.5 Å². The number of aromatic amines is 1. The first-order chi connectivity index (χ1) is 19.2. The van der Waals surface area contributed by atoms with Crippen molar-refractivity contribution in [1.82, 2.24) is 30.1 Å². The normalized spacial score (nSPS) is 16.3. The van der Waals surface area contributed by atoms with Gasteiger partial charge in [0.15, 0.2) is 5.82 Å². The van der Waals surface area contributed by atoms with Gasteiger partial charge < -0.3 is 18.9 Å². The van der Waals surface area contributed by atoms with Crippen molar-refractivity contribution in [2.75, 3.05) is 13.2 Å². The lowest BCUT2D eigenvalue weighted by atomic mass is 10.0. The summed E-state index contributed by atoms with van der Waals surface area (Å²) in [6, 6.07) is 15.0. The molecule has 1 aromatic carbocycles. The van der Waals surface area contributed by atoms with E-state index in [0.29, 0.717) is 37.6 Å². The molecule has 202 valence electrons. The quantitative estimate of drug-likeness (QED) is 0.257. The molecule has 0 amide bonds. The monoisotopic (exact) mass is 546 g/mol. The SMILES string of the molecule is CCOc1ccc2[nH]c(=O)c([C@H](c3nnnn3C[C@@H]3CCCO3)N(Cc3ccco3)Cc3cccs3)cc2c1. The van der Waals surface area contributed by atoms with Crippen molar-refractivity contribution in [3.63, 3.8) is 0 Å². The minimum atomic E-state index is -0.558. The standard InChI is InChI=1S/C28H30N6O4S/c1-2-36-20-9-10-25-19(14-20)15-24(28(35)29-25)26(27-30-31-32-34(27)17-22-7-4-12-38-22)33(16-21-6-3-11-37-21)18-23-8-5-13-39-23/h3,5-6,8-11,13-15,22,26H,2,4,7,12,16-18H2,1H3,(H,29,35)/t22-,26+/m0/s1. The Morgan fingerprint density at radius 3 is 2.95 bits per heavy atom. The number of thiophene rings is 1. The number of pyridine rings is 1. The average molecular weight is 547 g/mol. The van der Waals surface area contributed by atoms with Crippen molar-refractivity contribution in [2.24, 2.45) is 0 Å². The molecule has 4 aromatic heterocycles. The molecule has 5 aromatic rings. The van der Waals surface area contributed by atoms with Crippen molar-refractivity contribution in [2.45, 2.75) is 51.5 Å². The molecule has 11 heteroatoms. The van der Waals surface area contributed by atoms with Crippen LogP contribution in [0.4, 0.5) is 0 Å². The Bertz CT molecular complexity index is 1520. The molecule has 0 bridgehead atoms. The number of rotatable bonds is 11. The van der Waals surface area contributed by atoms with Crippen LogP contribution in [-0.4, -0.2) is 49.4 Å². The molecule has 1 aliphatic heterocycles. The van der Waals surface area contributed by atoms with Gasteiger partial charge in [-0.05, 0) is 78.0 Å². The van der Waals surface area contributed by atoms with Gasteiger partial charge in [-0.25, -0.2) is 4.68 Å². The fourth-order valence-electron chi connectivity index (χ4n) is 5.12. The summed E-state index contributed by atoms with van der Waals surface area (Å²) in [5.74, 6) is 2.11. The Labute approximate surface area is 229 Å². The van der Waals surface area contributed by atoms with Crippen LogP contribution in [0.2, 0.25) is 0 Å². The minimum Gasteiger partial charge on any atom is -0.494 e. The smallest absolute Gasteiger partial charge is 0.253 e. The lowest BCUT2D eigenvalue weighted by Gasteiger charge is -2.30. The summed E-state index contributed by atoms with van der Waals surface area (Å²) in [5, 5.41) is 15.8. The largest absolute Gasteiger partial charge is 0.494 e. The van der Waals surface area contributed by atoms with Crippen LogP contribution >= 0.6 is 11.3 Å². The molecular formula is C28H30N6O4S. The van der Waals surface area contributed by atoms with Gasteiger partial charge in [0.1, 0.15) is 17.6 Å². The third kappa shape index (κ3) is 5.65. The third-order valence-corrected chi connectivity index (χ3v) is 7.76. The Hall–Kier alpha value is -3.80. The number of fused-ring (bicyclic) bond motifs is 1. The van der Waals surface area contributed by atoms with Gasteiger partial charge in [-0.15, -0.1) is 16.4 Å². The molecule has 1 N–H and O–H groups in total. The lowest BCUT2D eigenvalue weighted by molar-refractivity contribution is 0.0901. The summed E-state index contributed by atoms with van der Waals surface area (Å²) in [4.78, 5) is 20.1. The number of tetrazole rings is 1. The van der Waals surface area contributed by atoms with Crippen LogP contribution in [0.1, 0.15) is 47.8 Å². The second kappa shape index (κ2) is 11.5. The molecule has 0 radical (unpaired) electrons. The summed E-state index contributed by atoms with van der Waals surface area (Å²) in [6.07, 6.45) is 3.66. The van der Waals surface area contributed by atoms with E-state index in [-0.39, 0.29) is 11.7 Å². The predicted octanol–water partition coefficient (Wildman–Crippen LogP) is 4.54. The van der Waals surface area contributed by atoms with Crippen molar-refractivity contribution >= 4 is 22.2 Å². The van der Waals surface area contributed by atoms with Crippen LogP contribution in [0.3, 0.4) is 0 Å². The van der Waals surface area contributed by atoms with Gasteiger partial charge in [-0.3, -0.25) is 9.69 Å². The second-order valence-corrected chi connectivity index (χ2v) is 10.6. The summed E-state index contributed by atoms with van der Waals surface area (Å²) >= 11 is 1.67. The minimum absolute atomic E-state index is 0.0346. The molecule has 10 nitrogen and oxygen atoms in total. The predicted molar refractivity (Wildman–Crippen MR) is 147 cm³/mol. The summed E-state index contributed by atoms with van der Waals surface area (Å²) < 4.78 is 19.2. The molecule has 2 atom stereocenters. The van der Waals surface area contributed by atoms with Crippen molar-refractivity contribution < 1.29 is 13.9 Å². The number of hydrogen-bond donors (Lipinski definition) is 1. The maximum Gasteiger partial charge on any atom is 0.253 e. The first-order valence-electron chi connectivity index (χ1n) is 13.1. The van der Waals surface area contributed by atoms with Gasteiger partial charge in [0.05, 0.1) is 32.1 Å². The molecule has 6 rings (SSSR count).